The molecule has 2 aromatic carbocycles. The van der Waals surface area contributed by atoms with Crippen LogP contribution in [0.15, 0.2) is 54.6 Å². The molecule has 2 amide bonds. The number of carbonyl (C=O) groups excluding carboxylic acids is 2. The highest BCUT2D eigenvalue weighted by Crippen LogP contribution is 2.10. The predicted octanol–water partition coefficient (Wildman–Crippen LogP) is 3.48. The maximum Gasteiger partial charge on any atom is 0.239 e. The maximum atomic E-state index is 12.1. The van der Waals surface area contributed by atoms with Gasteiger partial charge >= 0.3 is 0 Å². The number of nitrogens with one attached hydrogen (secondary N) is 1. The first-order valence-corrected chi connectivity index (χ1v) is 9.23. The van der Waals surface area contributed by atoms with E-state index in [0.717, 1.165) is 18.4 Å². The molecule has 0 fully saturated rings. The second kappa shape index (κ2) is 10.6. The molecule has 0 aliphatic heterocycles. The van der Waals surface area contributed by atoms with E-state index >= 15 is 0 Å². The summed E-state index contributed by atoms with van der Waals surface area (Å²) in [6, 6.07) is 17.7. The average molecular weight is 373 g/mol. The molecular weight excluding hydrogens is 348 g/mol. The topological polar surface area (TPSA) is 49.4 Å². The van der Waals surface area contributed by atoms with Gasteiger partial charge in [0.05, 0.1) is 6.54 Å². The molecule has 0 aliphatic carbocycles. The summed E-state index contributed by atoms with van der Waals surface area (Å²) < 4.78 is 0. The summed E-state index contributed by atoms with van der Waals surface area (Å²) >= 11 is 5.88. The van der Waals surface area contributed by atoms with Crippen molar-refractivity contribution in [3.05, 3.63) is 70.7 Å². The molecule has 0 aromatic heterocycles. The number of rotatable bonds is 9. The lowest BCUT2D eigenvalue weighted by Crippen LogP contribution is -2.41. The minimum absolute atomic E-state index is 0.0915. The Kier molecular flexibility index (Phi) is 8.16. The minimum atomic E-state index is -0.121. The van der Waals surface area contributed by atoms with Crippen molar-refractivity contribution in [2.75, 3.05) is 19.6 Å². The first-order valence-electron chi connectivity index (χ1n) is 8.85. The van der Waals surface area contributed by atoms with Crippen LogP contribution < -0.4 is 5.32 Å². The molecule has 2 rings (SSSR count). The SMILES string of the molecule is CC(=O)N(CCc1ccc(Cl)cc1)CC(=O)NCCCc1ccccc1. The number of hydrogen-bond acceptors (Lipinski definition) is 2. The van der Waals surface area contributed by atoms with Gasteiger partial charge in [-0.05, 0) is 42.5 Å². The van der Waals surface area contributed by atoms with E-state index < -0.39 is 0 Å². The van der Waals surface area contributed by atoms with Crippen LogP contribution in [0.25, 0.3) is 0 Å². The summed E-state index contributed by atoms with van der Waals surface area (Å²) in [5.74, 6) is -0.220. The third-order valence-electron chi connectivity index (χ3n) is 4.17. The van der Waals surface area contributed by atoms with Gasteiger partial charge < -0.3 is 10.2 Å². The van der Waals surface area contributed by atoms with Crippen molar-refractivity contribution in [2.45, 2.75) is 26.2 Å². The Hall–Kier alpha value is -2.33. The van der Waals surface area contributed by atoms with Crippen LogP contribution in [0, 0.1) is 0 Å². The Bertz CT molecular complexity index is 702. The zero-order valence-corrected chi connectivity index (χ0v) is 15.8. The fourth-order valence-corrected chi connectivity index (χ4v) is 2.78. The van der Waals surface area contributed by atoms with Crippen LogP contribution >= 0.6 is 11.6 Å². The van der Waals surface area contributed by atoms with Crippen LogP contribution in [-0.4, -0.2) is 36.3 Å². The van der Waals surface area contributed by atoms with Crippen molar-refractivity contribution < 1.29 is 9.59 Å². The van der Waals surface area contributed by atoms with Crippen molar-refractivity contribution in [1.82, 2.24) is 10.2 Å². The third kappa shape index (κ3) is 7.28. The maximum absolute atomic E-state index is 12.1. The van der Waals surface area contributed by atoms with Crippen molar-refractivity contribution in [2.24, 2.45) is 0 Å². The van der Waals surface area contributed by atoms with Gasteiger partial charge in [-0.25, -0.2) is 0 Å². The molecule has 1 N–H and O–H groups in total. The van der Waals surface area contributed by atoms with E-state index in [2.05, 4.69) is 17.4 Å². The highest BCUT2D eigenvalue weighted by molar-refractivity contribution is 6.30. The molecule has 2 aromatic rings. The summed E-state index contributed by atoms with van der Waals surface area (Å²) in [4.78, 5) is 25.5. The molecule has 0 unspecified atom stereocenters. The number of amides is 2. The van der Waals surface area contributed by atoms with E-state index in [-0.39, 0.29) is 18.4 Å². The molecular formula is C21H25ClN2O2. The minimum Gasteiger partial charge on any atom is -0.355 e. The van der Waals surface area contributed by atoms with Gasteiger partial charge in [-0.2, -0.15) is 0 Å². The zero-order chi connectivity index (χ0) is 18.8. The lowest BCUT2D eigenvalue weighted by atomic mass is 10.1. The van der Waals surface area contributed by atoms with Gasteiger partial charge in [0.2, 0.25) is 11.8 Å². The summed E-state index contributed by atoms with van der Waals surface area (Å²) in [6.07, 6.45) is 2.49. The number of aryl methyl sites for hydroxylation is 1. The molecule has 0 heterocycles. The third-order valence-corrected chi connectivity index (χ3v) is 4.42. The number of carbonyl (C=O) groups is 2. The van der Waals surface area contributed by atoms with E-state index in [1.807, 2.05) is 42.5 Å². The van der Waals surface area contributed by atoms with Crippen LogP contribution in [0.3, 0.4) is 0 Å². The van der Waals surface area contributed by atoms with Gasteiger partial charge in [-0.1, -0.05) is 54.1 Å². The van der Waals surface area contributed by atoms with Crippen LogP contribution in [0.4, 0.5) is 0 Å². The van der Waals surface area contributed by atoms with Gasteiger partial charge in [0.1, 0.15) is 0 Å². The Labute approximate surface area is 160 Å². The monoisotopic (exact) mass is 372 g/mol. The Morgan fingerprint density at radius 3 is 2.27 bits per heavy atom. The fourth-order valence-electron chi connectivity index (χ4n) is 2.66. The molecule has 5 heteroatoms. The second-order valence-electron chi connectivity index (χ2n) is 6.26. The van der Waals surface area contributed by atoms with E-state index in [0.29, 0.717) is 24.5 Å². The summed E-state index contributed by atoms with van der Waals surface area (Å²) in [5.41, 5.74) is 2.35. The Morgan fingerprint density at radius 2 is 1.62 bits per heavy atom. The number of nitrogens with zero attached hydrogens (tertiary/aromatic N) is 1. The van der Waals surface area contributed by atoms with Crippen LogP contribution in [0.1, 0.15) is 24.5 Å². The fraction of sp³-hybridized carbons (Fsp3) is 0.333. The van der Waals surface area contributed by atoms with E-state index in [9.17, 15) is 9.59 Å². The lowest BCUT2D eigenvalue weighted by molar-refractivity contribution is -0.134. The molecule has 0 saturated heterocycles. The molecule has 138 valence electrons. The van der Waals surface area contributed by atoms with Crippen LogP contribution in [0.2, 0.25) is 5.02 Å². The first kappa shape index (κ1) is 20.0. The van der Waals surface area contributed by atoms with Gasteiger partial charge in [-0.3, -0.25) is 9.59 Å². The van der Waals surface area contributed by atoms with Crippen molar-refractivity contribution >= 4 is 23.4 Å². The molecule has 0 atom stereocenters. The Balaban J connectivity index is 1.71. The quantitative estimate of drug-likeness (QED) is 0.685. The van der Waals surface area contributed by atoms with Crippen molar-refractivity contribution in [3.63, 3.8) is 0 Å². The number of halogens is 1. The van der Waals surface area contributed by atoms with Gasteiger partial charge in [0, 0.05) is 25.0 Å². The van der Waals surface area contributed by atoms with Crippen LogP contribution in [0.5, 0.6) is 0 Å². The van der Waals surface area contributed by atoms with Crippen LogP contribution in [-0.2, 0) is 22.4 Å². The highest BCUT2D eigenvalue weighted by atomic mass is 35.5. The largest absolute Gasteiger partial charge is 0.355 e. The summed E-state index contributed by atoms with van der Waals surface area (Å²) in [5, 5.41) is 3.58. The average Bonchev–Trinajstić information content (AvgIpc) is 2.64. The van der Waals surface area contributed by atoms with E-state index in [1.54, 1.807) is 4.90 Å². The van der Waals surface area contributed by atoms with Gasteiger partial charge in [0.15, 0.2) is 0 Å². The molecule has 4 nitrogen and oxygen atoms in total. The van der Waals surface area contributed by atoms with E-state index in [1.165, 1.54) is 12.5 Å². The lowest BCUT2D eigenvalue weighted by Gasteiger charge is -2.20. The molecule has 0 spiro atoms. The van der Waals surface area contributed by atoms with Crippen molar-refractivity contribution in [3.8, 4) is 0 Å². The summed E-state index contributed by atoms with van der Waals surface area (Å²) in [6.45, 7) is 2.70. The zero-order valence-electron chi connectivity index (χ0n) is 15.1. The number of benzene rings is 2. The van der Waals surface area contributed by atoms with E-state index in [4.69, 9.17) is 11.6 Å². The molecule has 0 radical (unpaired) electrons. The summed E-state index contributed by atoms with van der Waals surface area (Å²) in [7, 11) is 0. The van der Waals surface area contributed by atoms with Gasteiger partial charge in [0.25, 0.3) is 0 Å². The highest BCUT2D eigenvalue weighted by Gasteiger charge is 2.13. The van der Waals surface area contributed by atoms with Gasteiger partial charge in [-0.15, -0.1) is 0 Å². The molecule has 0 saturated carbocycles. The second-order valence-corrected chi connectivity index (χ2v) is 6.69. The van der Waals surface area contributed by atoms with Crippen molar-refractivity contribution in [1.29, 1.82) is 0 Å². The molecule has 26 heavy (non-hydrogen) atoms. The first-order chi connectivity index (χ1) is 12.5. The number of hydrogen-bond donors (Lipinski definition) is 1. The predicted molar refractivity (Wildman–Crippen MR) is 105 cm³/mol. The smallest absolute Gasteiger partial charge is 0.239 e. The standard InChI is InChI=1S/C21H25ClN2O2/c1-17(25)24(15-13-19-9-11-20(22)12-10-19)16-21(26)23-14-5-8-18-6-3-2-4-7-18/h2-4,6-7,9-12H,5,8,13-16H2,1H3,(H,23,26). The normalized spacial score (nSPS) is 10.4. The Morgan fingerprint density at radius 1 is 0.962 bits per heavy atom. The molecule has 0 aliphatic rings. The molecule has 0 bridgehead atoms.